The Balaban J connectivity index is 1.22. The van der Waals surface area contributed by atoms with Crippen LogP contribution < -0.4 is 10.6 Å². The number of carboxylic acids is 1. The number of hydrogen-bond acceptors (Lipinski definition) is 6. The van der Waals surface area contributed by atoms with Crippen molar-refractivity contribution in [3.05, 3.63) is 96.1 Å². The standard InChI is InChI=1S/C27H19N3O4S2/c31-23(30-27-29-21-9-1-2-10-22(21)36-27)15-35-18-13-11-17(12-14-18)28-25(32)19-7-3-5-16-6-4-8-20(24(16)19)26(33)34/h1-14H,15H2,(H,28,32)(H,33,34)(H,29,30,31). The minimum absolute atomic E-state index is 0.0779. The zero-order valence-electron chi connectivity index (χ0n) is 18.7. The van der Waals surface area contributed by atoms with Gasteiger partial charge in [-0.25, -0.2) is 9.78 Å². The summed E-state index contributed by atoms with van der Waals surface area (Å²) in [4.78, 5) is 42.3. The smallest absolute Gasteiger partial charge is 0.336 e. The molecule has 0 saturated heterocycles. The van der Waals surface area contributed by atoms with Gasteiger partial charge in [0.1, 0.15) is 0 Å². The Bertz CT molecular complexity index is 1570. The molecule has 0 fully saturated rings. The molecule has 2 amide bonds. The first kappa shape index (κ1) is 23.5. The summed E-state index contributed by atoms with van der Waals surface area (Å²) < 4.78 is 1.01. The zero-order chi connectivity index (χ0) is 25.1. The van der Waals surface area contributed by atoms with Crippen LogP contribution in [-0.2, 0) is 4.79 Å². The lowest BCUT2D eigenvalue weighted by atomic mass is 9.98. The second-order valence-corrected chi connectivity index (χ2v) is 9.90. The van der Waals surface area contributed by atoms with E-state index in [-0.39, 0.29) is 22.8 Å². The summed E-state index contributed by atoms with van der Waals surface area (Å²) in [5, 5.41) is 16.9. The van der Waals surface area contributed by atoms with Gasteiger partial charge in [-0.3, -0.25) is 9.59 Å². The van der Waals surface area contributed by atoms with E-state index < -0.39 is 11.9 Å². The number of rotatable bonds is 7. The van der Waals surface area contributed by atoms with Crippen LogP contribution in [0.5, 0.6) is 0 Å². The fourth-order valence-electron chi connectivity index (χ4n) is 3.77. The van der Waals surface area contributed by atoms with Crippen molar-refractivity contribution in [2.24, 2.45) is 0 Å². The van der Waals surface area contributed by atoms with Gasteiger partial charge in [-0.2, -0.15) is 0 Å². The number of carbonyl (C=O) groups excluding carboxylic acids is 2. The molecule has 3 N–H and O–H groups in total. The van der Waals surface area contributed by atoms with Crippen LogP contribution in [0.4, 0.5) is 10.8 Å². The van der Waals surface area contributed by atoms with Crippen LogP contribution in [0.15, 0.2) is 89.8 Å². The fourth-order valence-corrected chi connectivity index (χ4v) is 5.35. The van der Waals surface area contributed by atoms with Crippen LogP contribution in [0.1, 0.15) is 20.7 Å². The van der Waals surface area contributed by atoms with Gasteiger partial charge in [0.25, 0.3) is 5.91 Å². The number of fused-ring (bicyclic) bond motifs is 2. The quantitative estimate of drug-likeness (QED) is 0.226. The lowest BCUT2D eigenvalue weighted by molar-refractivity contribution is -0.113. The lowest BCUT2D eigenvalue weighted by Gasteiger charge is -2.11. The summed E-state index contributed by atoms with van der Waals surface area (Å²) in [5.41, 5.74) is 1.78. The Morgan fingerprint density at radius 1 is 0.833 bits per heavy atom. The molecule has 9 heteroatoms. The molecule has 4 aromatic carbocycles. The lowest BCUT2D eigenvalue weighted by Crippen LogP contribution is -2.14. The molecule has 1 heterocycles. The highest BCUT2D eigenvalue weighted by Gasteiger charge is 2.17. The SMILES string of the molecule is O=C(CSc1ccc(NC(=O)c2cccc3cccc(C(=O)O)c23)cc1)Nc1nc2ccccc2s1. The molecule has 0 saturated carbocycles. The summed E-state index contributed by atoms with van der Waals surface area (Å²) in [6.45, 7) is 0. The van der Waals surface area contributed by atoms with E-state index in [1.165, 1.54) is 29.2 Å². The highest BCUT2D eigenvalue weighted by molar-refractivity contribution is 8.00. The Morgan fingerprint density at radius 3 is 2.28 bits per heavy atom. The normalized spacial score (nSPS) is 10.9. The van der Waals surface area contributed by atoms with Gasteiger partial charge in [-0.15, -0.1) is 11.8 Å². The van der Waals surface area contributed by atoms with E-state index >= 15 is 0 Å². The number of nitrogens with one attached hydrogen (secondary N) is 2. The summed E-state index contributed by atoms with van der Waals surface area (Å²) in [5.74, 6) is -1.42. The highest BCUT2D eigenvalue weighted by Crippen LogP contribution is 2.27. The summed E-state index contributed by atoms with van der Waals surface area (Å²) in [6, 6.07) is 24.9. The number of carboxylic acid groups (broad SMARTS) is 1. The minimum Gasteiger partial charge on any atom is -0.478 e. The topological polar surface area (TPSA) is 108 Å². The average Bonchev–Trinajstić information content (AvgIpc) is 3.29. The number of amides is 2. The molecule has 0 spiro atoms. The van der Waals surface area contributed by atoms with Crippen molar-refractivity contribution in [2.45, 2.75) is 4.90 Å². The van der Waals surface area contributed by atoms with Gasteiger partial charge in [0, 0.05) is 21.5 Å². The van der Waals surface area contributed by atoms with Crippen molar-refractivity contribution < 1.29 is 19.5 Å². The molecule has 0 unspecified atom stereocenters. The van der Waals surface area contributed by atoms with Crippen molar-refractivity contribution in [1.29, 1.82) is 0 Å². The Morgan fingerprint density at radius 2 is 1.56 bits per heavy atom. The molecule has 1 aromatic heterocycles. The van der Waals surface area contributed by atoms with Crippen LogP contribution in [0.3, 0.4) is 0 Å². The van der Waals surface area contributed by atoms with Crippen molar-refractivity contribution >= 4 is 72.7 Å². The summed E-state index contributed by atoms with van der Waals surface area (Å²) in [7, 11) is 0. The number of aromatic nitrogens is 1. The fraction of sp³-hybridized carbons (Fsp3) is 0.0370. The first-order chi connectivity index (χ1) is 17.5. The molecule has 178 valence electrons. The Kier molecular flexibility index (Phi) is 6.66. The number of thiazole rings is 1. The van der Waals surface area contributed by atoms with E-state index in [4.69, 9.17) is 0 Å². The summed E-state index contributed by atoms with van der Waals surface area (Å²) >= 11 is 2.80. The van der Waals surface area contributed by atoms with E-state index in [9.17, 15) is 19.5 Å². The molecule has 0 radical (unpaired) electrons. The van der Waals surface area contributed by atoms with Crippen LogP contribution in [0, 0.1) is 0 Å². The maximum atomic E-state index is 13.0. The van der Waals surface area contributed by atoms with Gasteiger partial charge in [-0.05, 0) is 53.9 Å². The van der Waals surface area contributed by atoms with Crippen molar-refractivity contribution in [2.75, 3.05) is 16.4 Å². The van der Waals surface area contributed by atoms with Crippen LogP contribution in [-0.4, -0.2) is 33.6 Å². The van der Waals surface area contributed by atoms with E-state index in [0.717, 1.165) is 15.1 Å². The Hall–Kier alpha value is -4.21. The first-order valence-corrected chi connectivity index (χ1v) is 12.7. The largest absolute Gasteiger partial charge is 0.478 e. The molecule has 0 bridgehead atoms. The highest BCUT2D eigenvalue weighted by atomic mass is 32.2. The third kappa shape index (κ3) is 5.07. The molecule has 0 aliphatic rings. The van der Waals surface area contributed by atoms with E-state index in [0.29, 0.717) is 21.6 Å². The second-order valence-electron chi connectivity index (χ2n) is 7.82. The van der Waals surface area contributed by atoms with Crippen molar-refractivity contribution in [3.63, 3.8) is 0 Å². The van der Waals surface area contributed by atoms with Gasteiger partial charge in [0.05, 0.1) is 21.5 Å². The maximum Gasteiger partial charge on any atom is 0.336 e. The van der Waals surface area contributed by atoms with E-state index in [1.807, 2.05) is 36.4 Å². The number of anilines is 2. The van der Waals surface area contributed by atoms with Gasteiger partial charge in [0.2, 0.25) is 5.91 Å². The molecule has 5 rings (SSSR count). The van der Waals surface area contributed by atoms with Crippen molar-refractivity contribution in [3.8, 4) is 0 Å². The molecular formula is C27H19N3O4S2. The number of para-hydroxylation sites is 1. The van der Waals surface area contributed by atoms with Gasteiger partial charge in [0.15, 0.2) is 5.13 Å². The number of aromatic carboxylic acids is 1. The molecule has 5 aromatic rings. The number of carbonyl (C=O) groups is 3. The predicted molar refractivity (Wildman–Crippen MR) is 144 cm³/mol. The minimum atomic E-state index is -1.09. The average molecular weight is 514 g/mol. The number of nitrogens with zero attached hydrogens (tertiary/aromatic N) is 1. The van der Waals surface area contributed by atoms with Crippen LogP contribution >= 0.6 is 23.1 Å². The number of thioether (sulfide) groups is 1. The van der Waals surface area contributed by atoms with Gasteiger partial charge in [-0.1, -0.05) is 47.7 Å². The summed E-state index contributed by atoms with van der Waals surface area (Å²) in [6.07, 6.45) is 0. The zero-order valence-corrected chi connectivity index (χ0v) is 20.4. The molecule has 0 aliphatic carbocycles. The second kappa shape index (κ2) is 10.2. The molecule has 36 heavy (non-hydrogen) atoms. The Labute approximate surface area is 214 Å². The maximum absolute atomic E-state index is 13.0. The molecule has 0 atom stereocenters. The monoisotopic (exact) mass is 513 g/mol. The first-order valence-electron chi connectivity index (χ1n) is 10.9. The van der Waals surface area contributed by atoms with Crippen molar-refractivity contribution in [1.82, 2.24) is 4.98 Å². The number of benzene rings is 4. The predicted octanol–water partition coefficient (Wildman–Crippen LogP) is 6.13. The van der Waals surface area contributed by atoms with E-state index in [1.54, 1.807) is 42.5 Å². The van der Waals surface area contributed by atoms with Gasteiger partial charge >= 0.3 is 5.97 Å². The van der Waals surface area contributed by atoms with E-state index in [2.05, 4.69) is 15.6 Å². The molecular weight excluding hydrogens is 494 g/mol. The molecule has 0 aliphatic heterocycles. The van der Waals surface area contributed by atoms with Crippen LogP contribution in [0.25, 0.3) is 21.0 Å². The molecule has 7 nitrogen and oxygen atoms in total. The number of hydrogen-bond donors (Lipinski definition) is 3. The van der Waals surface area contributed by atoms with Gasteiger partial charge < -0.3 is 15.7 Å². The van der Waals surface area contributed by atoms with Crippen LogP contribution in [0.2, 0.25) is 0 Å². The third-order valence-corrected chi connectivity index (χ3v) is 7.37. The third-order valence-electron chi connectivity index (χ3n) is 5.40.